The first kappa shape index (κ1) is 15.5. The molecule has 126 valence electrons. The van der Waals surface area contributed by atoms with Crippen molar-refractivity contribution in [1.29, 1.82) is 0 Å². The molecular weight excluding hydrogens is 268 g/mol. The van der Waals surface area contributed by atoms with Crippen LogP contribution >= 0.6 is 0 Å². The Labute approximate surface area is 137 Å². The summed E-state index contributed by atoms with van der Waals surface area (Å²) >= 11 is 0. The average molecular weight is 305 g/mol. The molecule has 0 aromatic carbocycles. The number of aliphatic hydroxyl groups excluding tert-OH is 1. The first-order valence-electron chi connectivity index (χ1n) is 10.2. The second kappa shape index (κ2) is 5.23. The van der Waals surface area contributed by atoms with Gasteiger partial charge in [-0.1, -0.05) is 40.0 Å². The Bertz CT molecular complexity index is 432. The molecule has 0 aromatic rings. The highest BCUT2D eigenvalue weighted by atomic mass is 16.3. The summed E-state index contributed by atoms with van der Waals surface area (Å²) in [6, 6.07) is 0. The van der Waals surface area contributed by atoms with Gasteiger partial charge in [0.05, 0.1) is 6.10 Å². The van der Waals surface area contributed by atoms with Crippen molar-refractivity contribution in [1.82, 2.24) is 0 Å². The lowest BCUT2D eigenvalue weighted by Gasteiger charge is -2.61. The molecule has 1 unspecified atom stereocenters. The first-order chi connectivity index (χ1) is 10.5. The number of hydrogen-bond acceptors (Lipinski definition) is 1. The van der Waals surface area contributed by atoms with Crippen LogP contribution in [-0.2, 0) is 0 Å². The van der Waals surface area contributed by atoms with Gasteiger partial charge in [0.15, 0.2) is 0 Å². The summed E-state index contributed by atoms with van der Waals surface area (Å²) in [5.41, 5.74) is 1.04. The first-order valence-corrected chi connectivity index (χ1v) is 10.2. The van der Waals surface area contributed by atoms with Gasteiger partial charge < -0.3 is 5.11 Å². The lowest BCUT2D eigenvalue weighted by molar-refractivity contribution is -0.157. The molecule has 1 nitrogen and oxygen atoms in total. The zero-order valence-corrected chi connectivity index (χ0v) is 15.0. The number of aliphatic hydroxyl groups is 1. The maximum Gasteiger partial charge on any atom is 0.0576 e. The van der Waals surface area contributed by atoms with Gasteiger partial charge in [0.25, 0.3) is 0 Å². The maximum absolute atomic E-state index is 10.9. The largest absolute Gasteiger partial charge is 0.393 e. The normalized spacial score (nSPS) is 57.8. The summed E-state index contributed by atoms with van der Waals surface area (Å²) in [6.07, 6.45) is 13.8. The minimum atomic E-state index is -0.00502. The van der Waals surface area contributed by atoms with Gasteiger partial charge in [0.1, 0.15) is 0 Å². The monoisotopic (exact) mass is 304 g/mol. The molecule has 0 radical (unpaired) electrons. The molecular formula is C21H36O. The molecule has 0 aliphatic heterocycles. The highest BCUT2D eigenvalue weighted by Crippen LogP contribution is 2.67. The van der Waals surface area contributed by atoms with E-state index in [4.69, 9.17) is 0 Å². The van der Waals surface area contributed by atoms with Crippen molar-refractivity contribution < 1.29 is 5.11 Å². The zero-order valence-electron chi connectivity index (χ0n) is 15.0. The van der Waals surface area contributed by atoms with Gasteiger partial charge in [0, 0.05) is 0 Å². The molecule has 8 atom stereocenters. The molecule has 4 saturated carbocycles. The molecule has 0 heterocycles. The minimum absolute atomic E-state index is 0.00502. The van der Waals surface area contributed by atoms with E-state index in [2.05, 4.69) is 20.8 Å². The average Bonchev–Trinajstić information content (AvgIpc) is 2.84. The van der Waals surface area contributed by atoms with E-state index in [9.17, 15) is 5.11 Å². The molecule has 22 heavy (non-hydrogen) atoms. The smallest absolute Gasteiger partial charge is 0.0576 e. The SMILES string of the molecule is CC[C@H]1CC[C@H]2[C@@H]3C[C@H](O)C4CCCC[C@]4(C)[C@H]3CC[C@]12C. The highest BCUT2D eigenvalue weighted by Gasteiger charge is 2.60. The van der Waals surface area contributed by atoms with E-state index < -0.39 is 0 Å². The van der Waals surface area contributed by atoms with Crippen LogP contribution in [0.4, 0.5) is 0 Å². The van der Waals surface area contributed by atoms with Crippen molar-refractivity contribution in [2.75, 3.05) is 0 Å². The van der Waals surface area contributed by atoms with Gasteiger partial charge in [-0.2, -0.15) is 0 Å². The Kier molecular flexibility index (Phi) is 3.68. The van der Waals surface area contributed by atoms with Gasteiger partial charge in [-0.05, 0) is 85.4 Å². The van der Waals surface area contributed by atoms with E-state index in [1.54, 1.807) is 0 Å². The van der Waals surface area contributed by atoms with Gasteiger partial charge in [-0.25, -0.2) is 0 Å². The fraction of sp³-hybridized carbons (Fsp3) is 1.00. The third-order valence-electron chi connectivity index (χ3n) is 9.28. The molecule has 1 heteroatoms. The molecule has 4 aliphatic rings. The summed E-state index contributed by atoms with van der Waals surface area (Å²) in [4.78, 5) is 0. The standard InChI is InChI=1S/C21H36O/c1-4-14-8-9-16-15-13-19(22)18-7-5-6-11-21(18,3)17(15)10-12-20(14,16)2/h14-19,22H,4-13H2,1-3H3/t14-,15-,16-,17-,18?,19-,20+,21+/m0/s1. The van der Waals surface area contributed by atoms with E-state index in [1.807, 2.05) is 0 Å². The zero-order chi connectivity index (χ0) is 15.5. The molecule has 4 aliphatic carbocycles. The molecule has 1 N–H and O–H groups in total. The lowest BCUT2D eigenvalue weighted by Crippen LogP contribution is -2.56. The van der Waals surface area contributed by atoms with Crippen molar-refractivity contribution in [2.45, 2.75) is 91.1 Å². The van der Waals surface area contributed by atoms with Gasteiger partial charge >= 0.3 is 0 Å². The van der Waals surface area contributed by atoms with Crippen molar-refractivity contribution in [3.8, 4) is 0 Å². The number of rotatable bonds is 1. The second-order valence-corrected chi connectivity index (χ2v) is 9.77. The van der Waals surface area contributed by atoms with Crippen LogP contribution < -0.4 is 0 Å². The van der Waals surface area contributed by atoms with Crippen LogP contribution in [0.1, 0.15) is 85.0 Å². The van der Waals surface area contributed by atoms with Crippen molar-refractivity contribution >= 4 is 0 Å². The maximum atomic E-state index is 10.9. The Morgan fingerprint density at radius 2 is 1.64 bits per heavy atom. The summed E-state index contributed by atoms with van der Waals surface area (Å²) in [5.74, 6) is 4.20. The van der Waals surface area contributed by atoms with Crippen molar-refractivity contribution in [3.63, 3.8) is 0 Å². The van der Waals surface area contributed by atoms with Crippen LogP contribution in [0.3, 0.4) is 0 Å². The summed E-state index contributed by atoms with van der Waals surface area (Å²) < 4.78 is 0. The van der Waals surface area contributed by atoms with E-state index >= 15 is 0 Å². The molecule has 0 spiro atoms. The van der Waals surface area contributed by atoms with E-state index in [0.717, 1.165) is 30.1 Å². The van der Waals surface area contributed by atoms with Crippen LogP contribution in [0.2, 0.25) is 0 Å². The Hall–Kier alpha value is -0.0400. The van der Waals surface area contributed by atoms with Crippen molar-refractivity contribution in [2.24, 2.45) is 40.4 Å². The Morgan fingerprint density at radius 1 is 0.864 bits per heavy atom. The van der Waals surface area contributed by atoms with Crippen LogP contribution in [0.25, 0.3) is 0 Å². The fourth-order valence-corrected chi connectivity index (χ4v) is 8.14. The predicted molar refractivity (Wildman–Crippen MR) is 91.5 cm³/mol. The second-order valence-electron chi connectivity index (χ2n) is 9.77. The highest BCUT2D eigenvalue weighted by molar-refractivity contribution is 5.10. The Morgan fingerprint density at radius 3 is 2.41 bits per heavy atom. The van der Waals surface area contributed by atoms with E-state index in [0.29, 0.717) is 16.7 Å². The Balaban J connectivity index is 1.66. The lowest BCUT2D eigenvalue weighted by atomic mass is 9.44. The number of hydrogen-bond donors (Lipinski definition) is 1. The third kappa shape index (κ3) is 1.93. The summed E-state index contributed by atoms with van der Waals surface area (Å²) in [7, 11) is 0. The number of fused-ring (bicyclic) bond motifs is 5. The van der Waals surface area contributed by atoms with Crippen LogP contribution in [0.15, 0.2) is 0 Å². The summed E-state index contributed by atoms with van der Waals surface area (Å²) in [5, 5.41) is 10.9. The van der Waals surface area contributed by atoms with E-state index in [1.165, 1.54) is 57.8 Å². The summed E-state index contributed by atoms with van der Waals surface area (Å²) in [6.45, 7) is 7.57. The van der Waals surface area contributed by atoms with Gasteiger partial charge in [-0.3, -0.25) is 0 Å². The minimum Gasteiger partial charge on any atom is -0.393 e. The molecule has 4 rings (SSSR count). The molecule has 0 amide bonds. The van der Waals surface area contributed by atoms with Crippen molar-refractivity contribution in [3.05, 3.63) is 0 Å². The topological polar surface area (TPSA) is 20.2 Å². The van der Waals surface area contributed by atoms with Crippen LogP contribution in [0, 0.1) is 40.4 Å². The van der Waals surface area contributed by atoms with Gasteiger partial charge in [0.2, 0.25) is 0 Å². The molecule has 0 bridgehead atoms. The van der Waals surface area contributed by atoms with Crippen LogP contribution in [0.5, 0.6) is 0 Å². The van der Waals surface area contributed by atoms with E-state index in [-0.39, 0.29) is 6.10 Å². The third-order valence-corrected chi connectivity index (χ3v) is 9.28. The molecule has 4 fully saturated rings. The molecule has 0 saturated heterocycles. The van der Waals surface area contributed by atoms with Crippen LogP contribution in [-0.4, -0.2) is 11.2 Å². The molecule has 0 aromatic heterocycles. The van der Waals surface area contributed by atoms with Gasteiger partial charge in [-0.15, -0.1) is 0 Å². The quantitative estimate of drug-likeness (QED) is 0.686. The predicted octanol–water partition coefficient (Wildman–Crippen LogP) is 5.42. The fourth-order valence-electron chi connectivity index (χ4n) is 8.14.